The maximum absolute atomic E-state index is 12.1. The molecule has 0 amide bonds. The summed E-state index contributed by atoms with van der Waals surface area (Å²) in [5.74, 6) is -1.23. The lowest BCUT2D eigenvalue weighted by atomic mass is 9.83. The molecule has 19 heavy (non-hydrogen) atoms. The van der Waals surface area contributed by atoms with Gasteiger partial charge in [0.2, 0.25) is 5.78 Å². The van der Waals surface area contributed by atoms with Gasteiger partial charge >= 0.3 is 5.97 Å². The SMILES string of the molecule is C=C1C(=O)O[C@@H]2[C@H]3C(C)=C(O)C(=O)C3=C(C)CC[C@@H]12. The van der Waals surface area contributed by atoms with Crippen molar-refractivity contribution in [1.29, 1.82) is 0 Å². The summed E-state index contributed by atoms with van der Waals surface area (Å²) >= 11 is 0. The summed E-state index contributed by atoms with van der Waals surface area (Å²) in [6, 6.07) is 0. The van der Waals surface area contributed by atoms with Crippen LogP contribution in [0, 0.1) is 11.8 Å². The molecular formula is C15H16O4. The highest BCUT2D eigenvalue weighted by atomic mass is 16.6. The zero-order chi connectivity index (χ0) is 13.9. The Balaban J connectivity index is 2.14. The van der Waals surface area contributed by atoms with E-state index in [1.54, 1.807) is 6.92 Å². The number of ketones is 1. The van der Waals surface area contributed by atoms with E-state index in [1.807, 2.05) is 6.92 Å². The summed E-state index contributed by atoms with van der Waals surface area (Å²) < 4.78 is 5.42. The first-order valence-electron chi connectivity index (χ1n) is 6.47. The molecule has 1 aliphatic heterocycles. The fourth-order valence-electron chi connectivity index (χ4n) is 3.46. The Kier molecular flexibility index (Phi) is 2.46. The summed E-state index contributed by atoms with van der Waals surface area (Å²) in [6.45, 7) is 7.45. The van der Waals surface area contributed by atoms with Crippen molar-refractivity contribution in [2.75, 3.05) is 0 Å². The van der Waals surface area contributed by atoms with E-state index in [2.05, 4.69) is 6.58 Å². The van der Waals surface area contributed by atoms with Gasteiger partial charge in [0, 0.05) is 17.1 Å². The molecule has 0 spiro atoms. The third-order valence-electron chi connectivity index (χ3n) is 4.58. The predicted molar refractivity (Wildman–Crippen MR) is 68.3 cm³/mol. The molecule has 3 atom stereocenters. The molecule has 4 nitrogen and oxygen atoms in total. The molecule has 1 fully saturated rings. The van der Waals surface area contributed by atoms with Crippen LogP contribution in [0.2, 0.25) is 0 Å². The Morgan fingerprint density at radius 2 is 2.00 bits per heavy atom. The van der Waals surface area contributed by atoms with Crippen LogP contribution in [-0.4, -0.2) is 23.0 Å². The zero-order valence-corrected chi connectivity index (χ0v) is 11.0. The van der Waals surface area contributed by atoms with Gasteiger partial charge in [-0.2, -0.15) is 0 Å². The minimum atomic E-state index is -0.388. The quantitative estimate of drug-likeness (QED) is 0.536. The predicted octanol–water partition coefficient (Wildman–Crippen LogP) is 2.23. The van der Waals surface area contributed by atoms with Crippen LogP contribution < -0.4 is 0 Å². The topological polar surface area (TPSA) is 63.6 Å². The van der Waals surface area contributed by atoms with Crippen molar-refractivity contribution in [3.8, 4) is 0 Å². The fraction of sp³-hybridized carbons (Fsp3) is 0.467. The van der Waals surface area contributed by atoms with Crippen molar-refractivity contribution in [2.24, 2.45) is 11.8 Å². The van der Waals surface area contributed by atoms with E-state index in [-0.39, 0.29) is 35.5 Å². The van der Waals surface area contributed by atoms with Gasteiger partial charge in [0.15, 0.2) is 5.76 Å². The lowest BCUT2D eigenvalue weighted by Crippen LogP contribution is -2.27. The molecule has 100 valence electrons. The lowest BCUT2D eigenvalue weighted by Gasteiger charge is -2.22. The van der Waals surface area contributed by atoms with E-state index < -0.39 is 0 Å². The molecular weight excluding hydrogens is 244 g/mol. The number of hydrogen-bond acceptors (Lipinski definition) is 4. The maximum atomic E-state index is 12.1. The number of aliphatic hydroxyl groups is 1. The number of aliphatic hydroxyl groups excluding tert-OH is 1. The molecule has 4 heteroatoms. The smallest absolute Gasteiger partial charge is 0.334 e. The van der Waals surface area contributed by atoms with Gasteiger partial charge in [-0.05, 0) is 32.3 Å². The standard InChI is InChI=1S/C15H16O4/c1-6-4-5-9-7(2)15(18)19-14(9)11-8(3)12(16)13(17)10(6)11/h9,11,14,16H,2,4-5H2,1,3H3/t9-,11-,14-/m0/s1. The number of esters is 1. The zero-order valence-electron chi connectivity index (χ0n) is 11.0. The number of carbonyl (C=O) groups is 2. The van der Waals surface area contributed by atoms with E-state index in [4.69, 9.17) is 4.74 Å². The molecule has 1 heterocycles. The van der Waals surface area contributed by atoms with E-state index >= 15 is 0 Å². The van der Waals surface area contributed by atoms with Crippen molar-refractivity contribution >= 4 is 11.8 Å². The van der Waals surface area contributed by atoms with Gasteiger partial charge in [0.05, 0.1) is 5.92 Å². The first kappa shape index (κ1) is 12.2. The van der Waals surface area contributed by atoms with Crippen LogP contribution in [0.15, 0.2) is 34.6 Å². The van der Waals surface area contributed by atoms with Crippen LogP contribution in [-0.2, 0) is 14.3 Å². The van der Waals surface area contributed by atoms with Crippen LogP contribution in [0.3, 0.4) is 0 Å². The summed E-state index contributed by atoms with van der Waals surface area (Å²) in [5, 5.41) is 9.89. The van der Waals surface area contributed by atoms with E-state index in [1.165, 1.54) is 0 Å². The van der Waals surface area contributed by atoms with Gasteiger partial charge in [-0.25, -0.2) is 4.79 Å². The third kappa shape index (κ3) is 1.46. The first-order chi connectivity index (χ1) is 8.93. The molecule has 0 aromatic heterocycles. The number of Topliss-reactive ketones (excluding diaryl/α,β-unsaturated/α-hetero) is 1. The number of fused-ring (bicyclic) bond motifs is 3. The Labute approximate surface area is 111 Å². The molecule has 0 aromatic rings. The molecule has 1 saturated heterocycles. The maximum Gasteiger partial charge on any atom is 0.334 e. The monoisotopic (exact) mass is 260 g/mol. The Morgan fingerprint density at radius 1 is 1.32 bits per heavy atom. The largest absolute Gasteiger partial charge is 0.504 e. The highest BCUT2D eigenvalue weighted by Gasteiger charge is 2.51. The third-order valence-corrected chi connectivity index (χ3v) is 4.58. The Morgan fingerprint density at radius 3 is 2.68 bits per heavy atom. The van der Waals surface area contributed by atoms with Gasteiger partial charge in [-0.15, -0.1) is 0 Å². The summed E-state index contributed by atoms with van der Waals surface area (Å²) in [4.78, 5) is 23.8. The average molecular weight is 260 g/mol. The normalized spacial score (nSPS) is 34.4. The van der Waals surface area contributed by atoms with Crippen LogP contribution in [0.5, 0.6) is 0 Å². The van der Waals surface area contributed by atoms with E-state index in [9.17, 15) is 14.7 Å². The van der Waals surface area contributed by atoms with Crippen LogP contribution in [0.4, 0.5) is 0 Å². The van der Waals surface area contributed by atoms with Crippen LogP contribution in [0.1, 0.15) is 26.7 Å². The molecule has 3 aliphatic rings. The first-order valence-corrected chi connectivity index (χ1v) is 6.47. The highest BCUT2D eigenvalue weighted by molar-refractivity contribution is 6.11. The van der Waals surface area contributed by atoms with E-state index in [0.717, 1.165) is 18.4 Å². The lowest BCUT2D eigenvalue weighted by molar-refractivity contribution is -0.140. The second-order valence-corrected chi connectivity index (χ2v) is 5.57. The number of carbonyl (C=O) groups excluding carboxylic acids is 2. The molecule has 0 radical (unpaired) electrons. The molecule has 1 N–H and O–H groups in total. The molecule has 0 saturated carbocycles. The second-order valence-electron chi connectivity index (χ2n) is 5.57. The molecule has 0 unspecified atom stereocenters. The highest BCUT2D eigenvalue weighted by Crippen LogP contribution is 2.48. The van der Waals surface area contributed by atoms with Gasteiger partial charge in [0.1, 0.15) is 6.10 Å². The second kappa shape index (κ2) is 3.83. The van der Waals surface area contributed by atoms with Crippen molar-refractivity contribution in [3.05, 3.63) is 34.6 Å². The van der Waals surface area contributed by atoms with Crippen molar-refractivity contribution in [2.45, 2.75) is 32.8 Å². The fourth-order valence-corrected chi connectivity index (χ4v) is 3.46. The minimum Gasteiger partial charge on any atom is -0.504 e. The number of allylic oxidation sites excluding steroid dienone is 2. The van der Waals surface area contributed by atoms with Crippen molar-refractivity contribution in [1.82, 2.24) is 0 Å². The summed E-state index contributed by atoms with van der Waals surface area (Å²) in [6.07, 6.45) is 1.11. The number of rotatable bonds is 0. The molecule has 2 aliphatic carbocycles. The van der Waals surface area contributed by atoms with Gasteiger partial charge < -0.3 is 9.84 Å². The van der Waals surface area contributed by atoms with Crippen molar-refractivity contribution in [3.63, 3.8) is 0 Å². The Bertz CT molecular complexity index is 579. The summed E-state index contributed by atoms with van der Waals surface area (Å²) in [7, 11) is 0. The van der Waals surface area contributed by atoms with Crippen LogP contribution in [0.25, 0.3) is 0 Å². The number of ether oxygens (including phenoxy) is 1. The van der Waals surface area contributed by atoms with Crippen LogP contribution >= 0.6 is 0 Å². The summed E-state index contributed by atoms with van der Waals surface area (Å²) in [5.41, 5.74) is 2.70. The average Bonchev–Trinajstić information content (AvgIpc) is 2.70. The van der Waals surface area contributed by atoms with Gasteiger partial charge in [-0.1, -0.05) is 12.2 Å². The molecule has 0 aromatic carbocycles. The van der Waals surface area contributed by atoms with Gasteiger partial charge in [-0.3, -0.25) is 4.79 Å². The van der Waals surface area contributed by atoms with Gasteiger partial charge in [0.25, 0.3) is 0 Å². The van der Waals surface area contributed by atoms with Crippen molar-refractivity contribution < 1.29 is 19.4 Å². The minimum absolute atomic E-state index is 0.0569. The molecule has 3 rings (SSSR count). The Hall–Kier alpha value is -1.84. The van der Waals surface area contributed by atoms with E-state index in [0.29, 0.717) is 16.7 Å². The number of hydrogen-bond donors (Lipinski definition) is 1. The molecule has 0 bridgehead atoms.